The first kappa shape index (κ1) is 22.9. The van der Waals surface area contributed by atoms with E-state index in [1.54, 1.807) is 38.1 Å². The van der Waals surface area contributed by atoms with Gasteiger partial charge in [0.05, 0.1) is 0 Å². The quantitative estimate of drug-likeness (QED) is 0.434. The normalized spacial score (nSPS) is 15.9. The zero-order chi connectivity index (χ0) is 22.5. The molecule has 1 unspecified atom stereocenters. The summed E-state index contributed by atoms with van der Waals surface area (Å²) in [7, 11) is 0. The number of nitrogens with zero attached hydrogens (tertiary/aromatic N) is 1. The molecule has 1 saturated heterocycles. The molecule has 1 atom stereocenters. The van der Waals surface area contributed by atoms with Crippen molar-refractivity contribution in [3.63, 3.8) is 0 Å². The molecule has 162 valence electrons. The predicted octanol–water partition coefficient (Wildman–Crippen LogP) is 1.63. The van der Waals surface area contributed by atoms with Gasteiger partial charge >= 0.3 is 12.0 Å². The Labute approximate surface area is 174 Å². The minimum atomic E-state index is -1.14. The van der Waals surface area contributed by atoms with Gasteiger partial charge in [-0.05, 0) is 44.0 Å². The van der Waals surface area contributed by atoms with Crippen molar-refractivity contribution in [3.05, 3.63) is 24.3 Å². The Morgan fingerprint density at radius 3 is 2.07 bits per heavy atom. The Balaban J connectivity index is 1.91. The molecule has 1 aliphatic heterocycles. The van der Waals surface area contributed by atoms with Crippen molar-refractivity contribution in [3.8, 4) is 0 Å². The van der Waals surface area contributed by atoms with Crippen LogP contribution >= 0.6 is 0 Å². The molecule has 0 radical (unpaired) electrons. The highest BCUT2D eigenvalue weighted by Gasteiger charge is 2.49. The minimum Gasteiger partial charge on any atom is -0.451 e. The van der Waals surface area contributed by atoms with Gasteiger partial charge in [0.25, 0.3) is 11.8 Å². The molecule has 0 saturated carbocycles. The highest BCUT2D eigenvalue weighted by atomic mass is 16.5. The van der Waals surface area contributed by atoms with Crippen molar-refractivity contribution in [1.82, 2.24) is 10.2 Å². The first-order chi connectivity index (χ1) is 14.1. The zero-order valence-electron chi connectivity index (χ0n) is 17.4. The van der Waals surface area contributed by atoms with Crippen LogP contribution in [0.1, 0.15) is 40.5 Å². The molecule has 10 heteroatoms. The molecule has 1 aliphatic rings. The number of amides is 5. The average molecular weight is 418 g/mol. The first-order valence-electron chi connectivity index (χ1n) is 9.64. The molecule has 1 heterocycles. The van der Waals surface area contributed by atoms with Crippen molar-refractivity contribution in [2.45, 2.75) is 52.2 Å². The molecule has 1 aromatic carbocycles. The molecule has 10 nitrogen and oxygen atoms in total. The van der Waals surface area contributed by atoms with Gasteiger partial charge in [-0.1, -0.05) is 13.8 Å². The van der Waals surface area contributed by atoms with Gasteiger partial charge in [-0.2, -0.15) is 0 Å². The number of imide groups is 1. The van der Waals surface area contributed by atoms with Gasteiger partial charge < -0.3 is 20.7 Å². The van der Waals surface area contributed by atoms with Crippen LogP contribution < -0.4 is 16.0 Å². The fraction of sp³-hybridized carbons (Fsp3) is 0.450. The molecule has 1 fully saturated rings. The number of rotatable bonds is 8. The van der Waals surface area contributed by atoms with E-state index in [9.17, 15) is 24.0 Å². The van der Waals surface area contributed by atoms with Crippen LogP contribution in [0, 0.1) is 0 Å². The molecule has 0 aliphatic carbocycles. The molecular formula is C20H26N4O6. The van der Waals surface area contributed by atoms with E-state index in [2.05, 4.69) is 16.0 Å². The van der Waals surface area contributed by atoms with Crippen molar-refractivity contribution in [1.29, 1.82) is 0 Å². The average Bonchev–Trinajstić information content (AvgIpc) is 2.93. The lowest BCUT2D eigenvalue weighted by atomic mass is 9.93. The summed E-state index contributed by atoms with van der Waals surface area (Å²) in [6.07, 6.45) is -0.339. The van der Waals surface area contributed by atoms with E-state index in [1.807, 2.05) is 0 Å². The Hall–Kier alpha value is -3.43. The van der Waals surface area contributed by atoms with E-state index in [4.69, 9.17) is 4.74 Å². The van der Waals surface area contributed by atoms with Crippen molar-refractivity contribution >= 4 is 41.1 Å². The summed E-state index contributed by atoms with van der Waals surface area (Å²) >= 11 is 0. The standard InChI is InChI=1S/C20H26N4O6/c1-5-20(6-2)18(28)24(19(29)23-20)11-16(26)30-12(3)17(27)22-15-9-7-14(8-10-15)21-13(4)25/h7-10,12H,5-6,11H2,1-4H3,(H,21,25)(H,22,27)(H,23,29). The summed E-state index contributed by atoms with van der Waals surface area (Å²) in [6, 6.07) is 5.73. The van der Waals surface area contributed by atoms with Gasteiger partial charge in [0.15, 0.2) is 6.10 Å². The largest absolute Gasteiger partial charge is 0.451 e. The molecule has 2 rings (SSSR count). The van der Waals surface area contributed by atoms with Crippen molar-refractivity contribution in [2.24, 2.45) is 0 Å². The maximum Gasteiger partial charge on any atom is 0.327 e. The highest BCUT2D eigenvalue weighted by Crippen LogP contribution is 2.24. The number of anilines is 2. The van der Waals surface area contributed by atoms with Crippen LogP contribution in [-0.2, 0) is 23.9 Å². The third-order valence-electron chi connectivity index (χ3n) is 4.89. The summed E-state index contributed by atoms with van der Waals surface area (Å²) in [5.74, 6) is -2.15. The van der Waals surface area contributed by atoms with E-state index < -0.39 is 42.0 Å². The molecule has 0 spiro atoms. The zero-order valence-corrected chi connectivity index (χ0v) is 17.4. The topological polar surface area (TPSA) is 134 Å². The molecule has 0 bridgehead atoms. The Bertz CT molecular complexity index is 847. The Morgan fingerprint density at radius 1 is 1.07 bits per heavy atom. The SMILES string of the molecule is CCC1(CC)NC(=O)N(CC(=O)OC(C)C(=O)Nc2ccc(NC(C)=O)cc2)C1=O. The first-order valence-corrected chi connectivity index (χ1v) is 9.64. The van der Waals surface area contributed by atoms with Gasteiger partial charge in [-0.3, -0.25) is 24.1 Å². The fourth-order valence-electron chi connectivity index (χ4n) is 3.05. The molecule has 30 heavy (non-hydrogen) atoms. The van der Waals surface area contributed by atoms with Crippen molar-refractivity contribution in [2.75, 3.05) is 17.2 Å². The van der Waals surface area contributed by atoms with Crippen LogP contribution in [-0.4, -0.2) is 52.8 Å². The maximum absolute atomic E-state index is 12.5. The van der Waals surface area contributed by atoms with Gasteiger partial charge in [-0.25, -0.2) is 4.79 Å². The molecule has 5 amide bonds. The maximum atomic E-state index is 12.5. The summed E-state index contributed by atoms with van der Waals surface area (Å²) < 4.78 is 5.07. The number of carbonyl (C=O) groups is 5. The summed E-state index contributed by atoms with van der Waals surface area (Å²) in [4.78, 5) is 60.9. The van der Waals surface area contributed by atoms with Gasteiger partial charge in [0.1, 0.15) is 12.1 Å². The second kappa shape index (κ2) is 9.38. The predicted molar refractivity (Wildman–Crippen MR) is 108 cm³/mol. The Morgan fingerprint density at radius 2 is 1.60 bits per heavy atom. The number of nitrogens with one attached hydrogen (secondary N) is 3. The number of esters is 1. The molecule has 3 N–H and O–H groups in total. The smallest absolute Gasteiger partial charge is 0.327 e. The third kappa shape index (κ3) is 5.13. The van der Waals surface area contributed by atoms with E-state index in [-0.39, 0.29) is 5.91 Å². The van der Waals surface area contributed by atoms with Crippen LogP contribution in [0.2, 0.25) is 0 Å². The fourth-order valence-corrected chi connectivity index (χ4v) is 3.05. The number of hydrogen-bond acceptors (Lipinski definition) is 6. The lowest BCUT2D eigenvalue weighted by Crippen LogP contribution is -2.46. The molecule has 0 aromatic heterocycles. The van der Waals surface area contributed by atoms with Gasteiger partial charge in [-0.15, -0.1) is 0 Å². The van der Waals surface area contributed by atoms with E-state index in [0.717, 1.165) is 4.90 Å². The van der Waals surface area contributed by atoms with Crippen molar-refractivity contribution < 1.29 is 28.7 Å². The number of ether oxygens (including phenoxy) is 1. The molecular weight excluding hydrogens is 392 g/mol. The van der Waals surface area contributed by atoms with E-state index >= 15 is 0 Å². The number of benzene rings is 1. The van der Waals surface area contributed by atoms with Crippen LogP contribution in [0.3, 0.4) is 0 Å². The second-order valence-corrected chi connectivity index (χ2v) is 6.99. The summed E-state index contributed by atoms with van der Waals surface area (Å²) in [6.45, 7) is 5.75. The minimum absolute atomic E-state index is 0.215. The monoisotopic (exact) mass is 418 g/mol. The number of urea groups is 1. The van der Waals surface area contributed by atoms with Crippen LogP contribution in [0.25, 0.3) is 0 Å². The summed E-state index contributed by atoms with van der Waals surface area (Å²) in [5.41, 5.74) is 0.00886. The summed E-state index contributed by atoms with van der Waals surface area (Å²) in [5, 5.41) is 7.81. The lowest BCUT2D eigenvalue weighted by Gasteiger charge is -2.23. The van der Waals surface area contributed by atoms with E-state index in [0.29, 0.717) is 24.2 Å². The van der Waals surface area contributed by atoms with E-state index in [1.165, 1.54) is 13.8 Å². The second-order valence-electron chi connectivity index (χ2n) is 6.99. The third-order valence-corrected chi connectivity index (χ3v) is 4.89. The lowest BCUT2D eigenvalue weighted by molar-refractivity contribution is -0.155. The highest BCUT2D eigenvalue weighted by molar-refractivity contribution is 6.08. The number of hydrogen-bond donors (Lipinski definition) is 3. The van der Waals surface area contributed by atoms with Crippen LogP contribution in [0.4, 0.5) is 16.2 Å². The van der Waals surface area contributed by atoms with Gasteiger partial charge in [0, 0.05) is 18.3 Å². The van der Waals surface area contributed by atoms with Gasteiger partial charge in [0.2, 0.25) is 5.91 Å². The number of carbonyl (C=O) groups excluding carboxylic acids is 5. The molecule has 1 aromatic rings. The Kier molecular flexibility index (Phi) is 7.14. The van der Waals surface area contributed by atoms with Crippen LogP contribution in [0.15, 0.2) is 24.3 Å². The van der Waals surface area contributed by atoms with Crippen LogP contribution in [0.5, 0.6) is 0 Å².